The van der Waals surface area contributed by atoms with Crippen LogP contribution in [0.4, 0.5) is 0 Å². The molecular formula is C10H9NOS. The minimum absolute atomic E-state index is 1.02. The van der Waals surface area contributed by atoms with Crippen molar-refractivity contribution in [2.45, 2.75) is 6.92 Å². The Morgan fingerprint density at radius 3 is 2.85 bits per heavy atom. The van der Waals surface area contributed by atoms with Crippen molar-refractivity contribution in [2.24, 2.45) is 5.16 Å². The summed E-state index contributed by atoms with van der Waals surface area (Å²) in [6, 6.07) is 8.18. The van der Waals surface area contributed by atoms with Gasteiger partial charge in [0.1, 0.15) is 0 Å². The van der Waals surface area contributed by atoms with Crippen molar-refractivity contribution in [1.82, 2.24) is 0 Å². The summed E-state index contributed by atoms with van der Waals surface area (Å²) in [5, 5.41) is 12.7. The van der Waals surface area contributed by atoms with E-state index in [1.54, 1.807) is 11.3 Å². The largest absolute Gasteiger partial charge is 0.411 e. The summed E-state index contributed by atoms with van der Waals surface area (Å²) in [4.78, 5) is 1.02. The Labute approximate surface area is 80.1 Å². The second kappa shape index (κ2) is 3.18. The number of aryl methyl sites for hydroxylation is 1. The normalized spacial score (nSPS) is 11.5. The van der Waals surface area contributed by atoms with Crippen molar-refractivity contribution in [2.75, 3.05) is 0 Å². The average Bonchev–Trinajstić information content (AvgIpc) is 2.46. The monoisotopic (exact) mass is 191 g/mol. The molecule has 66 valence electrons. The summed E-state index contributed by atoms with van der Waals surface area (Å²) in [6.07, 6.45) is 1.49. The zero-order chi connectivity index (χ0) is 9.26. The maximum atomic E-state index is 8.45. The van der Waals surface area contributed by atoms with Crippen molar-refractivity contribution in [3.8, 4) is 0 Å². The molecule has 0 atom stereocenters. The van der Waals surface area contributed by atoms with E-state index < -0.39 is 0 Å². The second-order valence-corrected chi connectivity index (χ2v) is 3.92. The Hall–Kier alpha value is -1.35. The first kappa shape index (κ1) is 8.26. The van der Waals surface area contributed by atoms with Gasteiger partial charge in [-0.15, -0.1) is 11.3 Å². The quantitative estimate of drug-likeness (QED) is 0.419. The van der Waals surface area contributed by atoms with Crippen molar-refractivity contribution in [1.29, 1.82) is 0 Å². The highest BCUT2D eigenvalue weighted by Crippen LogP contribution is 2.28. The molecule has 0 fully saturated rings. The molecule has 1 aromatic carbocycles. The van der Waals surface area contributed by atoms with Crippen molar-refractivity contribution in [3.63, 3.8) is 0 Å². The molecule has 0 saturated heterocycles. The molecule has 0 aliphatic heterocycles. The Bertz CT molecular complexity index is 459. The molecule has 0 bridgehead atoms. The summed E-state index contributed by atoms with van der Waals surface area (Å²) >= 11 is 1.64. The van der Waals surface area contributed by atoms with Crippen LogP contribution in [0.5, 0.6) is 0 Å². The van der Waals surface area contributed by atoms with E-state index in [1.165, 1.54) is 21.9 Å². The molecule has 0 spiro atoms. The lowest BCUT2D eigenvalue weighted by molar-refractivity contribution is 0.322. The lowest BCUT2D eigenvalue weighted by Gasteiger charge is -1.88. The van der Waals surface area contributed by atoms with E-state index in [1.807, 2.05) is 19.1 Å². The zero-order valence-electron chi connectivity index (χ0n) is 7.19. The van der Waals surface area contributed by atoms with Gasteiger partial charge < -0.3 is 5.21 Å². The lowest BCUT2D eigenvalue weighted by Crippen LogP contribution is -1.77. The minimum atomic E-state index is 1.02. The minimum Gasteiger partial charge on any atom is -0.411 e. The number of thiophene rings is 1. The van der Waals surface area contributed by atoms with E-state index in [4.69, 9.17) is 5.21 Å². The Morgan fingerprint density at radius 1 is 1.38 bits per heavy atom. The fourth-order valence-corrected chi connectivity index (χ4v) is 2.45. The maximum Gasteiger partial charge on any atom is 0.0836 e. The predicted octanol–water partition coefficient (Wildman–Crippen LogP) is 3.02. The van der Waals surface area contributed by atoms with Gasteiger partial charge in [0.15, 0.2) is 0 Å². The average molecular weight is 191 g/mol. The summed E-state index contributed by atoms with van der Waals surface area (Å²) in [5.74, 6) is 0. The van der Waals surface area contributed by atoms with E-state index in [0.29, 0.717) is 0 Å². The van der Waals surface area contributed by atoms with Crippen LogP contribution in [0.2, 0.25) is 0 Å². The third-order valence-corrected chi connectivity index (χ3v) is 3.26. The van der Waals surface area contributed by atoms with Crippen molar-refractivity contribution >= 4 is 27.6 Å². The van der Waals surface area contributed by atoms with Gasteiger partial charge in [-0.05, 0) is 23.9 Å². The van der Waals surface area contributed by atoms with Gasteiger partial charge in [0.25, 0.3) is 0 Å². The molecule has 1 N–H and O–H groups in total. The van der Waals surface area contributed by atoms with Gasteiger partial charge >= 0.3 is 0 Å². The van der Waals surface area contributed by atoms with Crippen molar-refractivity contribution < 1.29 is 5.21 Å². The van der Waals surface area contributed by atoms with Crippen LogP contribution in [0, 0.1) is 6.92 Å². The number of nitrogens with zero attached hydrogens (tertiary/aromatic N) is 1. The molecule has 1 heterocycles. The molecule has 3 heteroatoms. The maximum absolute atomic E-state index is 8.45. The number of hydrogen-bond acceptors (Lipinski definition) is 3. The summed E-state index contributed by atoms with van der Waals surface area (Å²) < 4.78 is 1.23. The van der Waals surface area contributed by atoms with Gasteiger partial charge in [-0.25, -0.2) is 0 Å². The summed E-state index contributed by atoms with van der Waals surface area (Å²) in [7, 11) is 0. The molecule has 0 radical (unpaired) electrons. The molecule has 0 saturated carbocycles. The molecule has 13 heavy (non-hydrogen) atoms. The number of benzene rings is 1. The lowest BCUT2D eigenvalue weighted by atomic mass is 10.1. The van der Waals surface area contributed by atoms with E-state index >= 15 is 0 Å². The van der Waals surface area contributed by atoms with Crippen molar-refractivity contribution in [3.05, 3.63) is 34.7 Å². The number of hydrogen-bond donors (Lipinski definition) is 1. The Balaban J connectivity index is 2.73. The molecule has 2 nitrogen and oxygen atoms in total. The van der Waals surface area contributed by atoms with Crippen LogP contribution in [0.25, 0.3) is 10.1 Å². The third-order valence-electron chi connectivity index (χ3n) is 2.06. The van der Waals surface area contributed by atoms with Crippen LogP contribution >= 0.6 is 11.3 Å². The predicted molar refractivity (Wildman–Crippen MR) is 55.9 cm³/mol. The van der Waals surface area contributed by atoms with E-state index in [0.717, 1.165) is 4.88 Å². The topological polar surface area (TPSA) is 32.6 Å². The highest BCUT2D eigenvalue weighted by molar-refractivity contribution is 7.20. The van der Waals surface area contributed by atoms with Crippen LogP contribution in [-0.2, 0) is 0 Å². The van der Waals surface area contributed by atoms with Crippen LogP contribution in [0.15, 0.2) is 29.4 Å². The third kappa shape index (κ3) is 1.31. The van der Waals surface area contributed by atoms with Gasteiger partial charge in [-0.1, -0.05) is 23.4 Å². The molecule has 0 amide bonds. The molecule has 2 rings (SSSR count). The van der Waals surface area contributed by atoms with Gasteiger partial charge in [0, 0.05) is 4.70 Å². The Morgan fingerprint density at radius 2 is 2.15 bits per heavy atom. The van der Waals surface area contributed by atoms with Crippen LogP contribution in [0.3, 0.4) is 0 Å². The van der Waals surface area contributed by atoms with Gasteiger partial charge in [0.2, 0.25) is 0 Å². The summed E-state index contributed by atoms with van der Waals surface area (Å²) in [5.41, 5.74) is 1.18. The van der Waals surface area contributed by atoms with Crippen LogP contribution < -0.4 is 0 Å². The molecule has 1 aromatic heterocycles. The van der Waals surface area contributed by atoms with Gasteiger partial charge in [-0.3, -0.25) is 0 Å². The van der Waals surface area contributed by atoms with Crippen LogP contribution in [0.1, 0.15) is 10.4 Å². The van der Waals surface area contributed by atoms with E-state index in [9.17, 15) is 0 Å². The first-order valence-corrected chi connectivity index (χ1v) is 4.80. The standard InChI is InChI=1S/C10H9NOS/c1-7-8-4-2-3-5-9(8)13-10(7)6-11-12/h2-6,12H,1H3/b11-6+. The molecule has 0 aliphatic rings. The highest BCUT2D eigenvalue weighted by Gasteiger charge is 2.04. The molecular weight excluding hydrogens is 182 g/mol. The second-order valence-electron chi connectivity index (χ2n) is 2.83. The zero-order valence-corrected chi connectivity index (χ0v) is 8.01. The number of fused-ring (bicyclic) bond motifs is 1. The van der Waals surface area contributed by atoms with Gasteiger partial charge in [-0.2, -0.15) is 0 Å². The molecule has 2 aromatic rings. The van der Waals surface area contributed by atoms with Crippen LogP contribution in [-0.4, -0.2) is 11.4 Å². The molecule has 0 unspecified atom stereocenters. The fraction of sp³-hybridized carbons (Fsp3) is 0.100. The van der Waals surface area contributed by atoms with Gasteiger partial charge in [0.05, 0.1) is 11.1 Å². The fourth-order valence-electron chi connectivity index (χ4n) is 1.37. The van der Waals surface area contributed by atoms with E-state index in [-0.39, 0.29) is 0 Å². The summed E-state index contributed by atoms with van der Waals surface area (Å²) in [6.45, 7) is 2.04. The highest BCUT2D eigenvalue weighted by atomic mass is 32.1. The first-order chi connectivity index (χ1) is 6.33. The number of oxime groups is 1. The SMILES string of the molecule is Cc1c(/C=N/O)sc2ccccc12. The first-order valence-electron chi connectivity index (χ1n) is 3.98. The van der Waals surface area contributed by atoms with E-state index in [2.05, 4.69) is 17.3 Å². The number of rotatable bonds is 1. The molecule has 0 aliphatic carbocycles. The smallest absolute Gasteiger partial charge is 0.0836 e. The Kier molecular flexibility index (Phi) is 2.02.